The van der Waals surface area contributed by atoms with Gasteiger partial charge in [-0.3, -0.25) is 4.31 Å². The fourth-order valence-electron chi connectivity index (χ4n) is 4.01. The van der Waals surface area contributed by atoms with Crippen LogP contribution in [0, 0.1) is 23.7 Å². The van der Waals surface area contributed by atoms with E-state index < -0.39 is 45.0 Å². The third kappa shape index (κ3) is 5.46. The number of amides is 1. The zero-order valence-corrected chi connectivity index (χ0v) is 21.8. The Hall–Kier alpha value is -3.46. The van der Waals surface area contributed by atoms with Crippen molar-refractivity contribution in [3.05, 3.63) is 48.0 Å². The largest absolute Gasteiger partial charge is 0.530 e. The van der Waals surface area contributed by atoms with Crippen molar-refractivity contribution in [2.45, 2.75) is 63.8 Å². The molecule has 0 aromatic heterocycles. The van der Waals surface area contributed by atoms with Crippen LogP contribution in [0.2, 0.25) is 0 Å². The predicted molar refractivity (Wildman–Crippen MR) is 129 cm³/mol. The highest BCUT2D eigenvalue weighted by Gasteiger charge is 2.52. The van der Waals surface area contributed by atoms with E-state index >= 15 is 0 Å². The highest BCUT2D eigenvalue weighted by Crippen LogP contribution is 2.44. The number of halogens is 3. The molecule has 0 radical (unpaired) electrons. The van der Waals surface area contributed by atoms with E-state index in [1.165, 1.54) is 18.2 Å². The molecule has 0 saturated heterocycles. The molecule has 1 atom stereocenters. The molecule has 0 saturated carbocycles. The van der Waals surface area contributed by atoms with Crippen molar-refractivity contribution in [3.8, 4) is 11.8 Å². The lowest BCUT2D eigenvalue weighted by atomic mass is 9.88. The molecule has 2 aromatic carbocycles. The molecule has 2 aromatic rings. The van der Waals surface area contributed by atoms with Gasteiger partial charge >= 0.3 is 6.18 Å². The molecule has 0 N–H and O–H groups in total. The van der Waals surface area contributed by atoms with Crippen molar-refractivity contribution < 1.29 is 36.2 Å². The van der Waals surface area contributed by atoms with Gasteiger partial charge in [0.25, 0.3) is 10.0 Å². The highest BCUT2D eigenvalue weighted by atomic mass is 32.2. The number of fused-ring (bicyclic) bond motifs is 1. The monoisotopic (exact) mass is 538 g/mol. The van der Waals surface area contributed by atoms with Gasteiger partial charge in [-0.25, -0.2) is 8.42 Å². The predicted octanol–water partition coefficient (Wildman–Crippen LogP) is 4.38. The summed E-state index contributed by atoms with van der Waals surface area (Å²) in [5.74, 6) is 0.0209. The normalized spacial score (nSPS) is 16.4. The molecule has 0 aliphatic carbocycles. The first kappa shape index (κ1) is 28.1. The number of alkyl halides is 3. The van der Waals surface area contributed by atoms with E-state index in [0.717, 1.165) is 22.0 Å². The summed E-state index contributed by atoms with van der Waals surface area (Å²) >= 11 is 0. The smallest absolute Gasteiger partial charge is 0.411 e. The Labute approximate surface area is 213 Å². The van der Waals surface area contributed by atoms with E-state index in [1.807, 2.05) is 0 Å². The Morgan fingerprint density at radius 1 is 1.16 bits per heavy atom. The third-order valence-electron chi connectivity index (χ3n) is 6.22. The van der Waals surface area contributed by atoms with Gasteiger partial charge in [-0.05, 0) is 65.0 Å². The van der Waals surface area contributed by atoms with E-state index in [-0.39, 0.29) is 34.2 Å². The molecule has 0 spiro atoms. The summed E-state index contributed by atoms with van der Waals surface area (Å²) in [5.41, 5.74) is -3.49. The molecular weight excluding hydrogens is 511 g/mol. The van der Waals surface area contributed by atoms with E-state index in [4.69, 9.17) is 4.74 Å². The Bertz CT molecular complexity index is 1330. The number of sulfonamides is 1. The molecule has 37 heavy (non-hydrogen) atoms. The Morgan fingerprint density at radius 3 is 2.27 bits per heavy atom. The molecule has 12 heteroatoms. The minimum Gasteiger partial charge on any atom is -0.530 e. The standard InChI is InChI=1S/C25H28F3N3O5S/c1-16-6-9-19(10-7-16)37(34,35)30-14-18(13-23(2,3)15-29)36-21-11-8-17(12-20(21)30)31(22(32)33)24(4,5)25(26,27)28/h6-12,18H,13-14H2,1-5H3,(H,32,33)/p-1/t18-/m0/s1. The van der Waals surface area contributed by atoms with Crippen LogP contribution in [0.15, 0.2) is 47.4 Å². The summed E-state index contributed by atoms with van der Waals surface area (Å²) in [6.07, 6.45) is -7.66. The van der Waals surface area contributed by atoms with E-state index in [9.17, 15) is 36.8 Å². The van der Waals surface area contributed by atoms with Crippen molar-refractivity contribution in [2.75, 3.05) is 15.7 Å². The number of anilines is 2. The van der Waals surface area contributed by atoms with Gasteiger partial charge in [0.1, 0.15) is 23.5 Å². The molecule has 0 bridgehead atoms. The maximum atomic E-state index is 13.7. The number of nitrogens with zero attached hydrogens (tertiary/aromatic N) is 3. The molecule has 1 amide bonds. The quantitative estimate of drug-likeness (QED) is 0.539. The lowest BCUT2D eigenvalue weighted by molar-refractivity contribution is -0.254. The minimum atomic E-state index is -4.96. The lowest BCUT2D eigenvalue weighted by Crippen LogP contribution is -2.60. The summed E-state index contributed by atoms with van der Waals surface area (Å²) in [5, 5.41) is 21.3. The second-order valence-corrected chi connectivity index (χ2v) is 12.0. The van der Waals surface area contributed by atoms with Crippen LogP contribution in [0.4, 0.5) is 29.3 Å². The van der Waals surface area contributed by atoms with E-state index in [2.05, 4.69) is 6.07 Å². The SMILES string of the molecule is Cc1ccc(S(=O)(=O)N2C[C@H](CC(C)(C)C#N)Oc3ccc(N(C(=O)[O-])C(C)(C)C(F)(F)F)cc32)cc1. The molecule has 1 aliphatic rings. The van der Waals surface area contributed by atoms with Gasteiger partial charge in [-0.1, -0.05) is 17.7 Å². The minimum absolute atomic E-state index is 0.0209. The summed E-state index contributed by atoms with van der Waals surface area (Å²) in [6.45, 7) is 6.24. The highest BCUT2D eigenvalue weighted by molar-refractivity contribution is 7.92. The van der Waals surface area contributed by atoms with Crippen molar-refractivity contribution in [1.82, 2.24) is 0 Å². The van der Waals surface area contributed by atoms with Gasteiger partial charge in [0.2, 0.25) is 0 Å². The Balaban J connectivity index is 2.19. The van der Waals surface area contributed by atoms with Crippen LogP contribution >= 0.6 is 0 Å². The van der Waals surface area contributed by atoms with Crippen LogP contribution < -0.4 is 19.0 Å². The van der Waals surface area contributed by atoms with Crippen molar-refractivity contribution in [2.24, 2.45) is 5.41 Å². The molecule has 200 valence electrons. The summed E-state index contributed by atoms with van der Waals surface area (Å²) in [6, 6.07) is 11.5. The zero-order chi connectivity index (χ0) is 28.0. The fourth-order valence-corrected chi connectivity index (χ4v) is 5.51. The van der Waals surface area contributed by atoms with Crippen LogP contribution in [-0.4, -0.2) is 38.9 Å². The Morgan fingerprint density at radius 2 is 1.76 bits per heavy atom. The van der Waals surface area contributed by atoms with Crippen LogP contribution in [0.3, 0.4) is 0 Å². The maximum absolute atomic E-state index is 13.7. The number of ether oxygens (including phenoxy) is 1. The van der Waals surface area contributed by atoms with Crippen LogP contribution in [0.5, 0.6) is 5.75 Å². The van der Waals surface area contributed by atoms with Crippen molar-refractivity contribution in [1.29, 1.82) is 5.26 Å². The Kier molecular flexibility index (Phi) is 7.18. The lowest BCUT2D eigenvalue weighted by Gasteiger charge is -2.42. The van der Waals surface area contributed by atoms with Crippen molar-refractivity contribution >= 4 is 27.5 Å². The molecule has 3 rings (SSSR count). The molecule has 0 fully saturated rings. The summed E-state index contributed by atoms with van der Waals surface area (Å²) in [7, 11) is -4.25. The number of carboxylic acid groups (broad SMARTS) is 1. The maximum Gasteiger partial charge on any atom is 0.411 e. The first-order chi connectivity index (χ1) is 16.9. The number of hydrogen-bond donors (Lipinski definition) is 0. The average Bonchev–Trinajstić information content (AvgIpc) is 2.77. The number of carbonyl (C=O) groups is 1. The molecule has 8 nitrogen and oxygen atoms in total. The number of nitriles is 1. The first-order valence-corrected chi connectivity index (χ1v) is 12.7. The number of carbonyl (C=O) groups excluding carboxylic acids is 1. The van der Waals surface area contributed by atoms with Gasteiger partial charge in [-0.2, -0.15) is 18.4 Å². The molecule has 0 unspecified atom stereocenters. The van der Waals surface area contributed by atoms with Crippen LogP contribution in [0.25, 0.3) is 0 Å². The summed E-state index contributed by atoms with van der Waals surface area (Å²) in [4.78, 5) is 11.8. The number of aryl methyl sites for hydroxylation is 1. The number of rotatable bonds is 6. The van der Waals surface area contributed by atoms with Crippen LogP contribution in [0.1, 0.15) is 39.7 Å². The van der Waals surface area contributed by atoms with Gasteiger partial charge in [0, 0.05) is 12.1 Å². The van der Waals surface area contributed by atoms with Gasteiger partial charge < -0.3 is 19.5 Å². The fraction of sp³-hybridized carbons (Fsp3) is 0.440. The van der Waals surface area contributed by atoms with Gasteiger partial charge in [0.05, 0.1) is 28.6 Å². The van der Waals surface area contributed by atoms with E-state index in [0.29, 0.717) is 13.8 Å². The van der Waals surface area contributed by atoms with Gasteiger partial charge in [-0.15, -0.1) is 0 Å². The van der Waals surface area contributed by atoms with Gasteiger partial charge in [0.15, 0.2) is 0 Å². The summed E-state index contributed by atoms with van der Waals surface area (Å²) < 4.78 is 75.5. The first-order valence-electron chi connectivity index (χ1n) is 11.3. The number of benzene rings is 2. The average molecular weight is 539 g/mol. The second-order valence-electron chi connectivity index (χ2n) is 10.1. The second kappa shape index (κ2) is 9.45. The molecule has 1 heterocycles. The topological polar surface area (TPSA) is 114 Å². The van der Waals surface area contributed by atoms with Crippen molar-refractivity contribution in [3.63, 3.8) is 0 Å². The third-order valence-corrected chi connectivity index (χ3v) is 8.01. The van der Waals surface area contributed by atoms with E-state index in [1.54, 1.807) is 32.9 Å². The van der Waals surface area contributed by atoms with Crippen LogP contribution in [-0.2, 0) is 10.0 Å². The molecule has 1 aliphatic heterocycles. The number of hydrogen-bond acceptors (Lipinski definition) is 6. The molecular formula is C25H27F3N3O5S-. The zero-order valence-electron chi connectivity index (χ0n) is 21.0.